The summed E-state index contributed by atoms with van der Waals surface area (Å²) >= 11 is 0. The standard InChI is InChI=1S/C17H23N3O2.ClH/c1-19-9-10-20(17(19)11-18-21)13-22-12-15-7-4-6-14-5-2-3-8-16(14)15;/h2-3,5,8-11,15,17,21H,4,6-7,12-13H2,1H3;1H/b18-11-;. The highest BCUT2D eigenvalue weighted by molar-refractivity contribution is 5.61. The second kappa shape index (κ2) is 8.34. The van der Waals surface area contributed by atoms with E-state index in [2.05, 4.69) is 29.4 Å². The Balaban J connectivity index is 0.00000192. The number of quaternary nitrogens is 1. The van der Waals surface area contributed by atoms with Crippen molar-refractivity contribution in [2.24, 2.45) is 5.16 Å². The Morgan fingerprint density at radius 1 is 1.43 bits per heavy atom. The number of halogens is 1. The minimum atomic E-state index is 0. The maximum absolute atomic E-state index is 8.76. The zero-order chi connectivity index (χ0) is 15.4. The van der Waals surface area contributed by atoms with Crippen LogP contribution in [0.5, 0.6) is 0 Å². The molecule has 1 heterocycles. The Morgan fingerprint density at radius 2 is 2.26 bits per heavy atom. The van der Waals surface area contributed by atoms with Crippen molar-refractivity contribution in [1.29, 1.82) is 0 Å². The Hall–Kier alpha value is -1.56. The molecule has 1 aromatic carbocycles. The van der Waals surface area contributed by atoms with Gasteiger partial charge in [-0.05, 0) is 30.4 Å². The molecule has 0 saturated carbocycles. The Morgan fingerprint density at radius 3 is 3.09 bits per heavy atom. The minimum absolute atomic E-state index is 0. The molecule has 0 amide bonds. The fourth-order valence-electron chi connectivity index (χ4n) is 3.38. The molecule has 3 unspecified atom stereocenters. The lowest BCUT2D eigenvalue weighted by Crippen LogP contribution is -3.09. The minimum Gasteiger partial charge on any atom is -1.00 e. The third-order valence-corrected chi connectivity index (χ3v) is 4.61. The molecule has 23 heavy (non-hydrogen) atoms. The molecule has 2 N–H and O–H groups in total. The largest absolute Gasteiger partial charge is 1.00 e. The van der Waals surface area contributed by atoms with Gasteiger partial charge < -0.3 is 22.4 Å². The van der Waals surface area contributed by atoms with Crippen molar-refractivity contribution in [3.05, 3.63) is 47.8 Å². The first-order chi connectivity index (χ1) is 10.8. The Labute approximate surface area is 143 Å². The SMILES string of the molecule is C[NH+]1C=CN(COCC2CCCc3ccccc32)C1/C=N\O.[Cl-]. The van der Waals surface area contributed by atoms with Gasteiger partial charge in [0, 0.05) is 5.92 Å². The van der Waals surface area contributed by atoms with Crippen molar-refractivity contribution in [2.45, 2.75) is 31.3 Å². The zero-order valence-electron chi connectivity index (χ0n) is 13.4. The van der Waals surface area contributed by atoms with E-state index in [0.29, 0.717) is 12.6 Å². The van der Waals surface area contributed by atoms with Crippen LogP contribution in [0.1, 0.15) is 29.9 Å². The van der Waals surface area contributed by atoms with Gasteiger partial charge in [-0.1, -0.05) is 29.4 Å². The van der Waals surface area contributed by atoms with Crippen LogP contribution >= 0.6 is 0 Å². The number of fused-ring (bicyclic) bond motifs is 1. The van der Waals surface area contributed by atoms with Crippen LogP contribution < -0.4 is 17.3 Å². The molecule has 0 radical (unpaired) electrons. The lowest BCUT2D eigenvalue weighted by atomic mass is 9.83. The smallest absolute Gasteiger partial charge is 0.209 e. The molecule has 1 aliphatic carbocycles. The predicted molar refractivity (Wildman–Crippen MR) is 84.9 cm³/mol. The van der Waals surface area contributed by atoms with Gasteiger partial charge >= 0.3 is 0 Å². The first-order valence-electron chi connectivity index (χ1n) is 7.90. The summed E-state index contributed by atoms with van der Waals surface area (Å²) in [6, 6.07) is 8.70. The van der Waals surface area contributed by atoms with Crippen LogP contribution in [0.15, 0.2) is 41.8 Å². The van der Waals surface area contributed by atoms with E-state index in [9.17, 15) is 0 Å². The van der Waals surface area contributed by atoms with E-state index < -0.39 is 0 Å². The van der Waals surface area contributed by atoms with Crippen molar-refractivity contribution >= 4 is 6.21 Å². The molecule has 0 spiro atoms. The van der Waals surface area contributed by atoms with Crippen LogP contribution in [0.4, 0.5) is 0 Å². The number of benzene rings is 1. The van der Waals surface area contributed by atoms with Gasteiger partial charge in [0.25, 0.3) is 0 Å². The second-order valence-corrected chi connectivity index (χ2v) is 6.07. The van der Waals surface area contributed by atoms with Gasteiger partial charge in [0.1, 0.15) is 19.1 Å². The van der Waals surface area contributed by atoms with Crippen molar-refractivity contribution in [3.8, 4) is 0 Å². The van der Waals surface area contributed by atoms with E-state index in [4.69, 9.17) is 9.94 Å². The topological polar surface area (TPSA) is 49.5 Å². The van der Waals surface area contributed by atoms with E-state index in [0.717, 1.165) is 11.5 Å². The summed E-state index contributed by atoms with van der Waals surface area (Å²) in [7, 11) is 2.03. The molecule has 1 aromatic rings. The molecule has 6 heteroatoms. The summed E-state index contributed by atoms with van der Waals surface area (Å²) in [5.74, 6) is 0.492. The number of nitrogens with one attached hydrogen (secondary N) is 1. The zero-order valence-corrected chi connectivity index (χ0v) is 14.1. The van der Waals surface area contributed by atoms with Crippen molar-refractivity contribution in [3.63, 3.8) is 0 Å². The normalized spacial score (nSPS) is 26.3. The molecular weight excluding hydrogens is 314 g/mol. The Bertz CT molecular complexity index is 565. The summed E-state index contributed by atoms with van der Waals surface area (Å²) < 4.78 is 5.96. The van der Waals surface area contributed by atoms with Crippen molar-refractivity contribution in [1.82, 2.24) is 4.90 Å². The lowest BCUT2D eigenvalue weighted by molar-refractivity contribution is -0.843. The summed E-state index contributed by atoms with van der Waals surface area (Å²) in [5, 5.41) is 11.9. The quantitative estimate of drug-likeness (QED) is 0.378. The number of oxime groups is 1. The first-order valence-corrected chi connectivity index (χ1v) is 7.90. The van der Waals surface area contributed by atoms with Crippen LogP contribution in [0, 0.1) is 0 Å². The maximum Gasteiger partial charge on any atom is 0.209 e. The second-order valence-electron chi connectivity index (χ2n) is 6.07. The van der Waals surface area contributed by atoms with E-state index in [1.165, 1.54) is 36.6 Å². The monoisotopic (exact) mass is 337 g/mol. The lowest BCUT2D eigenvalue weighted by Gasteiger charge is -2.27. The molecule has 0 fully saturated rings. The van der Waals surface area contributed by atoms with Gasteiger partial charge in [-0.15, -0.1) is 0 Å². The number of hydrogen-bond donors (Lipinski definition) is 2. The molecule has 5 nitrogen and oxygen atoms in total. The molecule has 0 saturated heterocycles. The molecule has 0 aromatic heterocycles. The highest BCUT2D eigenvalue weighted by Crippen LogP contribution is 2.31. The molecule has 0 bridgehead atoms. The number of hydrogen-bond acceptors (Lipinski definition) is 4. The van der Waals surface area contributed by atoms with Gasteiger partial charge in [-0.3, -0.25) is 9.80 Å². The van der Waals surface area contributed by atoms with Crippen LogP contribution in [0.3, 0.4) is 0 Å². The predicted octanol–water partition coefficient (Wildman–Crippen LogP) is -1.83. The molecule has 126 valence electrons. The number of aryl methyl sites for hydroxylation is 1. The van der Waals surface area contributed by atoms with E-state index in [-0.39, 0.29) is 18.6 Å². The number of ether oxygens (including phenoxy) is 1. The van der Waals surface area contributed by atoms with E-state index in [1.54, 1.807) is 0 Å². The van der Waals surface area contributed by atoms with Gasteiger partial charge in [0.15, 0.2) is 0 Å². The third kappa shape index (κ3) is 4.05. The average molecular weight is 338 g/mol. The summed E-state index contributed by atoms with van der Waals surface area (Å²) in [4.78, 5) is 3.20. The van der Waals surface area contributed by atoms with Crippen molar-refractivity contribution < 1.29 is 27.3 Å². The summed E-state index contributed by atoms with van der Waals surface area (Å²) in [5.41, 5.74) is 2.92. The Kier molecular flexibility index (Phi) is 6.45. The molecule has 3 rings (SSSR count). The molecule has 3 atom stereocenters. The number of nitrogens with zero attached hydrogens (tertiary/aromatic N) is 2. The molecular formula is C17H24ClN3O2. The maximum atomic E-state index is 8.76. The number of rotatable bonds is 5. The highest BCUT2D eigenvalue weighted by Gasteiger charge is 2.27. The van der Waals surface area contributed by atoms with Crippen LogP contribution in [0.2, 0.25) is 0 Å². The average Bonchev–Trinajstić information content (AvgIpc) is 2.89. The van der Waals surface area contributed by atoms with Crippen LogP contribution in [-0.4, -0.2) is 42.9 Å². The van der Waals surface area contributed by atoms with Crippen LogP contribution in [-0.2, 0) is 11.2 Å². The summed E-state index contributed by atoms with van der Waals surface area (Å²) in [6.45, 7) is 1.26. The molecule has 1 aliphatic heterocycles. The summed E-state index contributed by atoms with van der Waals surface area (Å²) in [6.07, 6.45) is 9.19. The van der Waals surface area contributed by atoms with Gasteiger partial charge in [-0.2, -0.15) is 0 Å². The fourth-order valence-corrected chi connectivity index (χ4v) is 3.38. The van der Waals surface area contributed by atoms with E-state index >= 15 is 0 Å². The van der Waals surface area contributed by atoms with Gasteiger partial charge in [-0.25, -0.2) is 0 Å². The third-order valence-electron chi connectivity index (χ3n) is 4.61. The molecule has 2 aliphatic rings. The highest BCUT2D eigenvalue weighted by atomic mass is 35.5. The van der Waals surface area contributed by atoms with Crippen molar-refractivity contribution in [2.75, 3.05) is 20.4 Å². The van der Waals surface area contributed by atoms with E-state index in [1.807, 2.05) is 24.3 Å². The fraction of sp³-hybridized carbons (Fsp3) is 0.471. The van der Waals surface area contributed by atoms with Crippen LogP contribution in [0.25, 0.3) is 0 Å². The first kappa shape index (κ1) is 17.8. The van der Waals surface area contributed by atoms with Gasteiger partial charge in [0.2, 0.25) is 6.17 Å². The van der Waals surface area contributed by atoms with Gasteiger partial charge in [0.05, 0.1) is 19.9 Å².